The molecule has 0 aromatic carbocycles. The number of alkyl carbamates (subject to hydrolysis) is 1. The number of hydrogen-bond donors (Lipinski definition) is 2. The van der Waals surface area contributed by atoms with Gasteiger partial charge in [0.15, 0.2) is 0 Å². The lowest BCUT2D eigenvalue weighted by Gasteiger charge is -2.26. The number of nitrogens with one attached hydrogen (secondary N) is 1. The third-order valence-electron chi connectivity index (χ3n) is 4.30. The minimum absolute atomic E-state index is 0.118. The number of carbonyl (C=O) groups excluding carboxylic acids is 3. The van der Waals surface area contributed by atoms with Crippen molar-refractivity contribution in [2.45, 2.75) is 65.2 Å². The lowest BCUT2D eigenvalue weighted by molar-refractivity contribution is -0.157. The fourth-order valence-corrected chi connectivity index (χ4v) is 4.53. The molecule has 36 heavy (non-hydrogen) atoms. The van der Waals surface area contributed by atoms with Crippen LogP contribution in [0.1, 0.15) is 57.0 Å². The van der Waals surface area contributed by atoms with E-state index in [1.807, 2.05) is 11.4 Å². The van der Waals surface area contributed by atoms with Gasteiger partial charge in [-0.2, -0.15) is 0 Å². The van der Waals surface area contributed by atoms with E-state index in [0.29, 0.717) is 27.1 Å². The molecule has 0 fully saturated rings. The van der Waals surface area contributed by atoms with Crippen molar-refractivity contribution in [3.8, 4) is 22.1 Å². The summed E-state index contributed by atoms with van der Waals surface area (Å²) in [6.45, 7) is 10.5. The van der Waals surface area contributed by atoms with Gasteiger partial charge in [-0.15, -0.1) is 22.7 Å². The molecule has 0 saturated heterocycles. The highest BCUT2D eigenvalue weighted by Gasteiger charge is 2.30. The van der Waals surface area contributed by atoms with Crippen LogP contribution in [-0.4, -0.2) is 50.2 Å². The van der Waals surface area contributed by atoms with E-state index in [4.69, 9.17) is 15.2 Å². The average molecular weight is 532 g/mol. The highest BCUT2D eigenvalue weighted by atomic mass is 32.1. The maximum atomic E-state index is 12.8. The first-order valence-electron chi connectivity index (χ1n) is 11.1. The van der Waals surface area contributed by atoms with E-state index in [2.05, 4.69) is 20.3 Å². The molecule has 0 spiro atoms. The van der Waals surface area contributed by atoms with Crippen LogP contribution in [0, 0.1) is 0 Å². The molecule has 0 radical (unpaired) electrons. The predicted octanol–water partition coefficient (Wildman–Crippen LogP) is 4.21. The first-order chi connectivity index (χ1) is 16.7. The Morgan fingerprint density at radius 3 is 2.19 bits per heavy atom. The van der Waals surface area contributed by atoms with Crippen LogP contribution in [0.2, 0.25) is 0 Å². The number of rotatable bonds is 7. The molecule has 3 heterocycles. The maximum absolute atomic E-state index is 12.8. The fourth-order valence-electron chi connectivity index (χ4n) is 2.91. The van der Waals surface area contributed by atoms with Gasteiger partial charge in [0.05, 0.1) is 22.1 Å². The van der Waals surface area contributed by atoms with E-state index in [1.165, 1.54) is 22.7 Å². The molecule has 0 unspecified atom stereocenters. The monoisotopic (exact) mass is 531 g/mol. The number of pyridine rings is 1. The molecule has 0 aliphatic heterocycles. The van der Waals surface area contributed by atoms with Gasteiger partial charge >= 0.3 is 12.1 Å². The van der Waals surface area contributed by atoms with Crippen molar-refractivity contribution >= 4 is 40.6 Å². The van der Waals surface area contributed by atoms with Crippen LogP contribution in [0.5, 0.6) is 0 Å². The van der Waals surface area contributed by atoms with Gasteiger partial charge in [0.1, 0.15) is 27.9 Å². The third kappa shape index (κ3) is 7.82. The van der Waals surface area contributed by atoms with Gasteiger partial charge in [-0.1, -0.05) is 6.07 Å². The summed E-state index contributed by atoms with van der Waals surface area (Å²) in [4.78, 5) is 50.0. The van der Waals surface area contributed by atoms with Crippen LogP contribution >= 0.6 is 22.7 Å². The number of aromatic nitrogens is 3. The van der Waals surface area contributed by atoms with Gasteiger partial charge in [-0.25, -0.2) is 24.5 Å². The summed E-state index contributed by atoms with van der Waals surface area (Å²) in [5.74, 6) is -1.18. The van der Waals surface area contributed by atoms with Gasteiger partial charge in [0, 0.05) is 17.2 Å². The largest absolute Gasteiger partial charge is 0.458 e. The molecule has 192 valence electrons. The number of hydrogen-bond acceptors (Lipinski definition) is 10. The molecule has 0 saturated carbocycles. The van der Waals surface area contributed by atoms with E-state index >= 15 is 0 Å². The Morgan fingerprint density at radius 1 is 0.917 bits per heavy atom. The number of nitrogens with zero attached hydrogens (tertiary/aromatic N) is 3. The summed E-state index contributed by atoms with van der Waals surface area (Å²) in [5, 5.41) is 7.18. The normalized spacial score (nSPS) is 12.6. The second-order valence-electron chi connectivity index (χ2n) is 9.87. The third-order valence-corrected chi connectivity index (χ3v) is 6.04. The number of amides is 2. The lowest BCUT2D eigenvalue weighted by atomic mass is 10.1. The minimum atomic E-state index is -0.986. The average Bonchev–Trinajstić information content (AvgIpc) is 3.41. The second-order valence-corrected chi connectivity index (χ2v) is 11.7. The summed E-state index contributed by atoms with van der Waals surface area (Å²) in [6.07, 6.45) is -0.601. The molecular weight excluding hydrogens is 502 g/mol. The zero-order valence-electron chi connectivity index (χ0n) is 20.9. The molecule has 1 atom stereocenters. The number of thiazole rings is 2. The molecule has 2 amide bonds. The summed E-state index contributed by atoms with van der Waals surface area (Å²) in [6, 6.07) is 4.41. The van der Waals surface area contributed by atoms with Crippen LogP contribution < -0.4 is 11.1 Å². The highest BCUT2D eigenvalue weighted by Crippen LogP contribution is 2.27. The van der Waals surface area contributed by atoms with Crippen molar-refractivity contribution in [2.24, 2.45) is 5.73 Å². The Labute approximate surface area is 217 Å². The van der Waals surface area contributed by atoms with E-state index in [9.17, 15) is 14.4 Å². The van der Waals surface area contributed by atoms with Crippen LogP contribution in [0.3, 0.4) is 0 Å². The Kier molecular flexibility index (Phi) is 8.09. The molecule has 3 N–H and O–H groups in total. The zero-order valence-corrected chi connectivity index (χ0v) is 22.6. The summed E-state index contributed by atoms with van der Waals surface area (Å²) >= 11 is 2.60. The fraction of sp³-hybridized carbons (Fsp3) is 0.417. The predicted molar refractivity (Wildman–Crippen MR) is 138 cm³/mol. The molecule has 0 bridgehead atoms. The second kappa shape index (κ2) is 10.7. The molecule has 3 aromatic heterocycles. The van der Waals surface area contributed by atoms with Crippen LogP contribution in [0.25, 0.3) is 22.1 Å². The first-order valence-corrected chi connectivity index (χ1v) is 12.9. The summed E-state index contributed by atoms with van der Waals surface area (Å²) in [5.41, 5.74) is 5.81. The Hall–Kier alpha value is -3.38. The quantitative estimate of drug-likeness (QED) is 0.431. The van der Waals surface area contributed by atoms with Crippen LogP contribution in [-0.2, 0) is 20.7 Å². The lowest BCUT2D eigenvalue weighted by Crippen LogP contribution is -2.47. The van der Waals surface area contributed by atoms with E-state index in [0.717, 1.165) is 0 Å². The van der Waals surface area contributed by atoms with Crippen molar-refractivity contribution in [1.82, 2.24) is 20.3 Å². The van der Waals surface area contributed by atoms with Gasteiger partial charge < -0.3 is 20.5 Å². The number of ether oxygens (including phenoxy) is 2. The Bertz CT molecular complexity index is 1260. The van der Waals surface area contributed by atoms with Gasteiger partial charge in [0.25, 0.3) is 5.91 Å². The number of primary amides is 1. The van der Waals surface area contributed by atoms with Crippen molar-refractivity contribution < 1.29 is 23.9 Å². The molecule has 0 aliphatic rings. The number of carbonyl (C=O) groups is 3. The first kappa shape index (κ1) is 27.2. The summed E-state index contributed by atoms with van der Waals surface area (Å²) in [7, 11) is 0. The van der Waals surface area contributed by atoms with E-state index < -0.39 is 35.2 Å². The van der Waals surface area contributed by atoms with Gasteiger partial charge in [0.2, 0.25) is 0 Å². The molecular formula is C24H29N5O5S2. The van der Waals surface area contributed by atoms with Crippen molar-refractivity contribution in [2.75, 3.05) is 0 Å². The van der Waals surface area contributed by atoms with Crippen molar-refractivity contribution in [1.29, 1.82) is 0 Å². The zero-order chi connectivity index (χ0) is 26.7. The van der Waals surface area contributed by atoms with Gasteiger partial charge in [-0.3, -0.25) is 4.79 Å². The van der Waals surface area contributed by atoms with Crippen molar-refractivity contribution in [3.05, 3.63) is 39.7 Å². The highest BCUT2D eigenvalue weighted by molar-refractivity contribution is 7.13. The smallest absolute Gasteiger partial charge is 0.408 e. The summed E-state index contributed by atoms with van der Waals surface area (Å²) < 4.78 is 10.8. The van der Waals surface area contributed by atoms with E-state index in [1.54, 1.807) is 59.1 Å². The van der Waals surface area contributed by atoms with Crippen LogP contribution in [0.15, 0.2) is 29.0 Å². The molecule has 3 aromatic rings. The number of nitrogens with two attached hydrogens (primary N) is 1. The topological polar surface area (TPSA) is 146 Å². The standard InChI is InChI=1S/C24H29N5O5S2/c1-23(2,3)33-21(31)15(29-22(32)34-24(4,5)6)10-18-27-16(11-35-18)13-8-7-9-14(26-13)20-28-17(12-36-20)19(25)30/h7-9,11-12,15H,10H2,1-6H3,(H2,25,30)(H,29,32)/t15-/m0/s1. The Morgan fingerprint density at radius 2 is 1.58 bits per heavy atom. The minimum Gasteiger partial charge on any atom is -0.458 e. The molecule has 12 heteroatoms. The maximum Gasteiger partial charge on any atom is 0.408 e. The molecule has 0 aliphatic carbocycles. The SMILES string of the molecule is CC(C)(C)OC(=O)N[C@@H](Cc1nc(-c2cccc(-c3nc(C(N)=O)cs3)n2)cs1)C(=O)OC(C)(C)C. The van der Waals surface area contributed by atoms with Crippen LogP contribution in [0.4, 0.5) is 4.79 Å². The Balaban J connectivity index is 1.80. The van der Waals surface area contributed by atoms with Crippen molar-refractivity contribution in [3.63, 3.8) is 0 Å². The number of esters is 1. The molecule has 3 rings (SSSR count). The molecule has 10 nitrogen and oxygen atoms in total. The van der Waals surface area contributed by atoms with Gasteiger partial charge in [-0.05, 0) is 53.7 Å². The van der Waals surface area contributed by atoms with E-state index in [-0.39, 0.29) is 12.1 Å².